The second kappa shape index (κ2) is 10.9. The highest BCUT2D eigenvalue weighted by atomic mass is 14.6. The van der Waals surface area contributed by atoms with E-state index in [4.69, 9.17) is 11.5 Å². The van der Waals surface area contributed by atoms with Gasteiger partial charge in [-0.05, 0) is 131 Å². The summed E-state index contributed by atoms with van der Waals surface area (Å²) in [5.74, 6) is 13.3. The fraction of sp³-hybridized carbons (Fsp3) is 0.100. The first-order chi connectivity index (χ1) is 20.3. The third-order valence-electron chi connectivity index (χ3n) is 7.94. The predicted molar refractivity (Wildman–Crippen MR) is 180 cm³/mol. The van der Waals surface area contributed by atoms with Crippen LogP contribution in [0, 0.1) is 51.4 Å². The summed E-state index contributed by atoms with van der Waals surface area (Å²) >= 11 is 0. The Morgan fingerprint density at radius 3 is 1.14 bits per heavy atom. The van der Waals surface area contributed by atoms with E-state index < -0.39 is 0 Å². The average molecular weight is 541 g/mol. The maximum absolute atomic E-state index is 6.12. The molecule has 0 aliphatic rings. The van der Waals surface area contributed by atoms with Crippen molar-refractivity contribution < 1.29 is 0 Å². The molecule has 0 atom stereocenters. The van der Waals surface area contributed by atoms with Gasteiger partial charge in [-0.2, -0.15) is 0 Å². The summed E-state index contributed by atoms with van der Waals surface area (Å²) in [6.45, 7) is 8.09. The molecule has 6 aromatic carbocycles. The third-order valence-corrected chi connectivity index (χ3v) is 7.94. The molecule has 0 aliphatic carbocycles. The Hall–Kier alpha value is -5.44. The first kappa shape index (κ1) is 26.8. The summed E-state index contributed by atoms with van der Waals surface area (Å²) in [4.78, 5) is 0. The van der Waals surface area contributed by atoms with E-state index in [1.54, 1.807) is 0 Å². The first-order valence-corrected chi connectivity index (χ1v) is 14.1. The van der Waals surface area contributed by atoms with Gasteiger partial charge in [-0.25, -0.2) is 0 Å². The molecule has 2 heteroatoms. The van der Waals surface area contributed by atoms with Crippen molar-refractivity contribution in [3.05, 3.63) is 142 Å². The van der Waals surface area contributed by atoms with Gasteiger partial charge < -0.3 is 11.5 Å². The van der Waals surface area contributed by atoms with Crippen LogP contribution in [0.1, 0.15) is 44.5 Å². The van der Waals surface area contributed by atoms with Gasteiger partial charge in [-0.15, -0.1) is 0 Å². The molecule has 0 amide bonds. The summed E-state index contributed by atoms with van der Waals surface area (Å²) in [5, 5.41) is 4.73. The standard InChI is InChI=1S/C40H32N2/c1-25-19-31(20-26(2)39(25)41)13-11-29-15-17-35-33(23-29)7-5-9-37(35)38-10-6-8-34-24-30(16-18-36(34)38)12-14-32-21-27(3)40(42)28(4)22-32/h5-10,15-24H,41-42H2,1-4H3. The lowest BCUT2D eigenvalue weighted by Gasteiger charge is -2.11. The van der Waals surface area contributed by atoms with E-state index in [0.717, 1.165) is 66.7 Å². The van der Waals surface area contributed by atoms with Gasteiger partial charge in [0, 0.05) is 33.6 Å². The Bertz CT molecular complexity index is 1960. The molecule has 0 aromatic heterocycles. The van der Waals surface area contributed by atoms with Gasteiger partial charge in [0.2, 0.25) is 0 Å². The maximum atomic E-state index is 6.12. The molecule has 4 N–H and O–H groups in total. The maximum Gasteiger partial charge on any atom is 0.0374 e. The lowest BCUT2D eigenvalue weighted by molar-refractivity contribution is 1.37. The second-order valence-electron chi connectivity index (χ2n) is 11.0. The molecular formula is C40H32N2. The van der Waals surface area contributed by atoms with Crippen molar-refractivity contribution in [3.8, 4) is 34.8 Å². The molecule has 0 fully saturated rings. The fourth-order valence-electron chi connectivity index (χ4n) is 5.57. The number of rotatable bonds is 1. The van der Waals surface area contributed by atoms with Crippen LogP contribution in [-0.4, -0.2) is 0 Å². The first-order valence-electron chi connectivity index (χ1n) is 14.1. The van der Waals surface area contributed by atoms with Gasteiger partial charge in [0.05, 0.1) is 0 Å². The van der Waals surface area contributed by atoms with E-state index in [2.05, 4.69) is 96.5 Å². The van der Waals surface area contributed by atoms with Crippen LogP contribution in [0.3, 0.4) is 0 Å². The zero-order valence-electron chi connectivity index (χ0n) is 24.4. The zero-order chi connectivity index (χ0) is 29.4. The van der Waals surface area contributed by atoms with Crippen LogP contribution in [-0.2, 0) is 0 Å². The second-order valence-corrected chi connectivity index (χ2v) is 11.0. The van der Waals surface area contributed by atoms with Crippen LogP contribution in [0.4, 0.5) is 11.4 Å². The van der Waals surface area contributed by atoms with E-state index in [1.165, 1.54) is 21.9 Å². The topological polar surface area (TPSA) is 52.0 Å². The van der Waals surface area contributed by atoms with Gasteiger partial charge in [0.15, 0.2) is 0 Å². The highest BCUT2D eigenvalue weighted by Gasteiger charge is 2.09. The van der Waals surface area contributed by atoms with Crippen LogP contribution in [0.15, 0.2) is 97.1 Å². The van der Waals surface area contributed by atoms with Crippen molar-refractivity contribution in [1.82, 2.24) is 0 Å². The number of anilines is 2. The van der Waals surface area contributed by atoms with E-state index >= 15 is 0 Å². The van der Waals surface area contributed by atoms with E-state index in [0.29, 0.717) is 0 Å². The Balaban J connectivity index is 1.35. The zero-order valence-corrected chi connectivity index (χ0v) is 24.4. The van der Waals surface area contributed by atoms with Gasteiger partial charge in [-0.3, -0.25) is 0 Å². The molecule has 6 rings (SSSR count). The number of nitrogens with two attached hydrogens (primary N) is 2. The van der Waals surface area contributed by atoms with Crippen LogP contribution >= 0.6 is 0 Å². The minimum atomic E-state index is 0.833. The van der Waals surface area contributed by atoms with Crippen molar-refractivity contribution in [3.63, 3.8) is 0 Å². The third kappa shape index (κ3) is 5.19. The van der Waals surface area contributed by atoms with Gasteiger partial charge in [0.1, 0.15) is 0 Å². The molecule has 6 aromatic rings. The highest BCUT2D eigenvalue weighted by molar-refractivity contribution is 6.05. The smallest absolute Gasteiger partial charge is 0.0374 e. The highest BCUT2D eigenvalue weighted by Crippen LogP contribution is 2.34. The van der Waals surface area contributed by atoms with E-state index in [9.17, 15) is 0 Å². The van der Waals surface area contributed by atoms with Gasteiger partial charge >= 0.3 is 0 Å². The Morgan fingerprint density at radius 2 is 0.762 bits per heavy atom. The van der Waals surface area contributed by atoms with Crippen molar-refractivity contribution in [2.75, 3.05) is 11.5 Å². The summed E-state index contributed by atoms with van der Waals surface area (Å²) in [6.07, 6.45) is 0. The quantitative estimate of drug-likeness (QED) is 0.162. The predicted octanol–water partition coefficient (Wildman–Crippen LogP) is 8.86. The number of hydrogen-bond donors (Lipinski definition) is 2. The molecule has 0 spiro atoms. The molecule has 0 unspecified atom stereocenters. The average Bonchev–Trinajstić information content (AvgIpc) is 2.99. The molecule has 0 aliphatic heterocycles. The Labute approximate surface area is 248 Å². The SMILES string of the molecule is Cc1cc(C#Cc2ccc3c(-c4cccc5cc(C#Cc6cc(C)c(N)c(C)c6)ccc45)cccc3c2)cc(C)c1N. The number of aryl methyl sites for hydroxylation is 4. The fourth-order valence-corrected chi connectivity index (χ4v) is 5.57. The molecule has 0 saturated heterocycles. The van der Waals surface area contributed by atoms with E-state index in [1.807, 2.05) is 52.0 Å². The van der Waals surface area contributed by atoms with Crippen molar-refractivity contribution in [1.29, 1.82) is 0 Å². The van der Waals surface area contributed by atoms with Gasteiger partial charge in [0.25, 0.3) is 0 Å². The molecular weight excluding hydrogens is 508 g/mol. The van der Waals surface area contributed by atoms with Crippen LogP contribution in [0.25, 0.3) is 32.7 Å². The number of nitrogen functional groups attached to an aromatic ring is 2. The number of hydrogen-bond acceptors (Lipinski definition) is 2. The van der Waals surface area contributed by atoms with Crippen molar-refractivity contribution in [2.45, 2.75) is 27.7 Å². The molecule has 0 heterocycles. The lowest BCUT2D eigenvalue weighted by atomic mass is 9.92. The summed E-state index contributed by atoms with van der Waals surface area (Å²) in [5.41, 5.74) is 24.5. The van der Waals surface area contributed by atoms with Crippen molar-refractivity contribution >= 4 is 32.9 Å². The molecule has 0 bridgehead atoms. The van der Waals surface area contributed by atoms with Crippen molar-refractivity contribution in [2.24, 2.45) is 0 Å². The molecule has 0 saturated carbocycles. The minimum Gasteiger partial charge on any atom is -0.398 e. The Morgan fingerprint density at radius 1 is 0.405 bits per heavy atom. The van der Waals surface area contributed by atoms with Crippen LogP contribution < -0.4 is 11.5 Å². The monoisotopic (exact) mass is 540 g/mol. The minimum absolute atomic E-state index is 0.833. The lowest BCUT2D eigenvalue weighted by Crippen LogP contribution is -1.94. The summed E-state index contributed by atoms with van der Waals surface area (Å²) in [6, 6.07) is 34.1. The summed E-state index contributed by atoms with van der Waals surface area (Å²) < 4.78 is 0. The normalized spacial score (nSPS) is 10.7. The molecule has 0 radical (unpaired) electrons. The number of fused-ring (bicyclic) bond motifs is 2. The van der Waals surface area contributed by atoms with Crippen LogP contribution in [0.2, 0.25) is 0 Å². The largest absolute Gasteiger partial charge is 0.398 e. The molecule has 2 nitrogen and oxygen atoms in total. The van der Waals surface area contributed by atoms with Crippen LogP contribution in [0.5, 0.6) is 0 Å². The van der Waals surface area contributed by atoms with E-state index in [-0.39, 0.29) is 0 Å². The van der Waals surface area contributed by atoms with Gasteiger partial charge in [-0.1, -0.05) is 72.2 Å². The molecule has 42 heavy (non-hydrogen) atoms. The summed E-state index contributed by atoms with van der Waals surface area (Å²) in [7, 11) is 0. The Kier molecular flexibility index (Phi) is 6.92. The molecule has 202 valence electrons. The number of benzene rings is 6.